The van der Waals surface area contributed by atoms with Crippen LogP contribution in [0.5, 0.6) is 0 Å². The molecule has 126 valence electrons. The molecule has 0 saturated heterocycles. The van der Waals surface area contributed by atoms with Gasteiger partial charge in [-0.25, -0.2) is 9.48 Å². The van der Waals surface area contributed by atoms with Crippen molar-refractivity contribution in [2.75, 3.05) is 12.4 Å². The first-order valence-corrected chi connectivity index (χ1v) is 7.63. The van der Waals surface area contributed by atoms with Crippen molar-refractivity contribution in [2.45, 2.75) is 26.3 Å². The Morgan fingerprint density at radius 3 is 2.75 bits per heavy atom. The van der Waals surface area contributed by atoms with E-state index in [9.17, 15) is 14.4 Å². The first-order chi connectivity index (χ1) is 11.5. The van der Waals surface area contributed by atoms with Gasteiger partial charge in [0.25, 0.3) is 11.5 Å². The van der Waals surface area contributed by atoms with Gasteiger partial charge >= 0.3 is 5.97 Å². The zero-order chi connectivity index (χ0) is 17.5. The highest BCUT2D eigenvalue weighted by atomic mass is 16.5. The minimum atomic E-state index is -0.489. The van der Waals surface area contributed by atoms with E-state index >= 15 is 0 Å². The minimum absolute atomic E-state index is 0.133. The number of nitrogens with zero attached hydrogens (tertiary/aromatic N) is 2. The van der Waals surface area contributed by atoms with Gasteiger partial charge in [-0.05, 0) is 30.7 Å². The van der Waals surface area contributed by atoms with Crippen LogP contribution in [0.1, 0.15) is 40.6 Å². The summed E-state index contributed by atoms with van der Waals surface area (Å²) in [5.41, 5.74) is 0.661. The molecule has 1 N–H and O–H groups in total. The smallest absolute Gasteiger partial charge is 0.337 e. The number of unbranched alkanes of at least 4 members (excludes halogenated alkanes) is 1. The van der Waals surface area contributed by atoms with Crippen molar-refractivity contribution in [1.29, 1.82) is 0 Å². The number of nitrogens with one attached hydrogen (secondary N) is 1. The molecular weight excluding hydrogens is 310 g/mol. The van der Waals surface area contributed by atoms with Crippen molar-refractivity contribution in [2.24, 2.45) is 0 Å². The molecule has 0 unspecified atom stereocenters. The van der Waals surface area contributed by atoms with Gasteiger partial charge in [0.05, 0.1) is 12.7 Å². The molecular formula is C17H19N3O4. The van der Waals surface area contributed by atoms with Crippen molar-refractivity contribution >= 4 is 17.6 Å². The predicted molar refractivity (Wildman–Crippen MR) is 89.1 cm³/mol. The second kappa shape index (κ2) is 8.05. The standard InChI is InChI=1S/C17H19N3O4/c1-3-4-10-20-15(21)9-8-14(19-20)16(22)18-13-7-5-6-12(11-13)17(23)24-2/h5-9,11H,3-4,10H2,1-2H3,(H,18,22). The second-order valence-electron chi connectivity index (χ2n) is 5.16. The number of hydrogen-bond acceptors (Lipinski definition) is 5. The fourth-order valence-corrected chi connectivity index (χ4v) is 2.07. The van der Waals surface area contributed by atoms with E-state index in [0.717, 1.165) is 12.8 Å². The molecule has 2 rings (SSSR count). The van der Waals surface area contributed by atoms with Crippen LogP contribution >= 0.6 is 0 Å². The topological polar surface area (TPSA) is 90.3 Å². The molecule has 1 heterocycles. The Balaban J connectivity index is 2.18. The molecule has 0 saturated carbocycles. The molecule has 0 aliphatic heterocycles. The van der Waals surface area contributed by atoms with Crippen LogP contribution in [-0.4, -0.2) is 28.8 Å². The van der Waals surface area contributed by atoms with E-state index in [2.05, 4.69) is 15.2 Å². The van der Waals surface area contributed by atoms with Gasteiger partial charge in [-0.3, -0.25) is 9.59 Å². The van der Waals surface area contributed by atoms with Crippen LogP contribution in [0, 0.1) is 0 Å². The third-order valence-corrected chi connectivity index (χ3v) is 3.36. The first kappa shape index (κ1) is 17.4. The van der Waals surface area contributed by atoms with Crippen molar-refractivity contribution in [3.8, 4) is 0 Å². The Kier molecular flexibility index (Phi) is 5.83. The highest BCUT2D eigenvalue weighted by Crippen LogP contribution is 2.12. The molecule has 1 aromatic heterocycles. The number of esters is 1. The quantitative estimate of drug-likeness (QED) is 0.820. The van der Waals surface area contributed by atoms with Crippen LogP contribution in [0.4, 0.5) is 5.69 Å². The van der Waals surface area contributed by atoms with Crippen molar-refractivity contribution in [1.82, 2.24) is 9.78 Å². The molecule has 1 amide bonds. The Morgan fingerprint density at radius 1 is 1.25 bits per heavy atom. The van der Waals surface area contributed by atoms with Gasteiger partial charge in [-0.15, -0.1) is 0 Å². The Labute approximate surface area is 139 Å². The molecule has 7 heteroatoms. The molecule has 0 aliphatic rings. The summed E-state index contributed by atoms with van der Waals surface area (Å²) >= 11 is 0. The fraction of sp³-hybridized carbons (Fsp3) is 0.294. The van der Waals surface area contributed by atoms with E-state index in [1.165, 1.54) is 30.0 Å². The van der Waals surface area contributed by atoms with Crippen LogP contribution in [0.3, 0.4) is 0 Å². The molecule has 0 radical (unpaired) electrons. The van der Waals surface area contributed by atoms with Crippen LogP contribution in [0.25, 0.3) is 0 Å². The van der Waals surface area contributed by atoms with Crippen LogP contribution in [0.2, 0.25) is 0 Å². The lowest BCUT2D eigenvalue weighted by Gasteiger charge is -2.08. The monoisotopic (exact) mass is 329 g/mol. The van der Waals surface area contributed by atoms with Crippen molar-refractivity contribution in [3.05, 3.63) is 58.0 Å². The summed E-state index contributed by atoms with van der Waals surface area (Å²) in [6.07, 6.45) is 1.73. The first-order valence-electron chi connectivity index (χ1n) is 7.63. The van der Waals surface area contributed by atoms with E-state index in [1.54, 1.807) is 18.2 Å². The molecule has 7 nitrogen and oxygen atoms in total. The average molecular weight is 329 g/mol. The SMILES string of the molecule is CCCCn1nc(C(=O)Nc2cccc(C(=O)OC)c2)ccc1=O. The Morgan fingerprint density at radius 2 is 2.04 bits per heavy atom. The number of ether oxygens (including phenoxy) is 1. The van der Waals surface area contributed by atoms with Gasteiger partial charge in [0.1, 0.15) is 5.69 Å². The number of benzene rings is 1. The minimum Gasteiger partial charge on any atom is -0.465 e. The van der Waals surface area contributed by atoms with Crippen LogP contribution < -0.4 is 10.9 Å². The molecule has 2 aromatic rings. The van der Waals surface area contributed by atoms with E-state index in [1.807, 2.05) is 6.92 Å². The number of carbonyl (C=O) groups excluding carboxylic acids is 2. The maximum absolute atomic E-state index is 12.3. The van der Waals surface area contributed by atoms with E-state index < -0.39 is 11.9 Å². The molecule has 1 aromatic carbocycles. The van der Waals surface area contributed by atoms with E-state index in [0.29, 0.717) is 17.8 Å². The van der Waals surface area contributed by atoms with Gasteiger partial charge in [0.2, 0.25) is 0 Å². The lowest BCUT2D eigenvalue weighted by atomic mass is 10.2. The highest BCUT2D eigenvalue weighted by molar-refractivity contribution is 6.03. The number of methoxy groups -OCH3 is 1. The van der Waals surface area contributed by atoms with E-state index in [-0.39, 0.29) is 11.3 Å². The summed E-state index contributed by atoms with van der Waals surface area (Å²) in [6.45, 7) is 2.48. The lowest BCUT2D eigenvalue weighted by Crippen LogP contribution is -2.26. The van der Waals surface area contributed by atoms with Crippen molar-refractivity contribution < 1.29 is 14.3 Å². The molecule has 0 aliphatic carbocycles. The average Bonchev–Trinajstić information content (AvgIpc) is 2.60. The number of hydrogen-bond donors (Lipinski definition) is 1. The number of carbonyl (C=O) groups is 2. The third kappa shape index (κ3) is 4.28. The van der Waals surface area contributed by atoms with Gasteiger partial charge in [-0.2, -0.15) is 5.10 Å². The van der Waals surface area contributed by atoms with Crippen molar-refractivity contribution in [3.63, 3.8) is 0 Å². The zero-order valence-electron chi connectivity index (χ0n) is 13.6. The summed E-state index contributed by atoms with van der Waals surface area (Å²) in [7, 11) is 1.29. The van der Waals surface area contributed by atoms with Gasteiger partial charge in [0.15, 0.2) is 0 Å². The molecule has 0 bridgehead atoms. The Hall–Kier alpha value is -2.96. The number of aromatic nitrogens is 2. The fourth-order valence-electron chi connectivity index (χ4n) is 2.07. The summed E-state index contributed by atoms with van der Waals surface area (Å²) in [5, 5.41) is 6.74. The molecule has 0 spiro atoms. The van der Waals surface area contributed by atoms with Gasteiger partial charge in [-0.1, -0.05) is 19.4 Å². The molecule has 0 fully saturated rings. The number of rotatable bonds is 6. The maximum Gasteiger partial charge on any atom is 0.337 e. The Bertz CT molecular complexity index is 798. The van der Waals surface area contributed by atoms with E-state index in [4.69, 9.17) is 0 Å². The van der Waals surface area contributed by atoms with Gasteiger partial charge in [0, 0.05) is 18.3 Å². The van der Waals surface area contributed by atoms with Crippen LogP contribution in [0.15, 0.2) is 41.2 Å². The number of amides is 1. The number of anilines is 1. The third-order valence-electron chi connectivity index (χ3n) is 3.36. The summed E-state index contributed by atoms with van der Waals surface area (Å²) in [6, 6.07) is 9.09. The largest absolute Gasteiger partial charge is 0.465 e. The maximum atomic E-state index is 12.3. The normalized spacial score (nSPS) is 10.2. The van der Waals surface area contributed by atoms with Gasteiger partial charge < -0.3 is 10.1 Å². The highest BCUT2D eigenvalue weighted by Gasteiger charge is 2.12. The zero-order valence-corrected chi connectivity index (χ0v) is 13.6. The lowest BCUT2D eigenvalue weighted by molar-refractivity contribution is 0.0600. The van der Waals surface area contributed by atoms with Crippen LogP contribution in [-0.2, 0) is 11.3 Å². The number of aryl methyl sites for hydroxylation is 1. The molecule has 0 atom stereocenters. The summed E-state index contributed by atoms with van der Waals surface area (Å²) in [5.74, 6) is -0.945. The predicted octanol–water partition coefficient (Wildman–Crippen LogP) is 2.08. The summed E-state index contributed by atoms with van der Waals surface area (Å²) in [4.78, 5) is 35.5. The molecule has 24 heavy (non-hydrogen) atoms. The second-order valence-corrected chi connectivity index (χ2v) is 5.16. The summed E-state index contributed by atoms with van der Waals surface area (Å²) < 4.78 is 5.93.